The Hall–Kier alpha value is -1.07. The van der Waals surface area contributed by atoms with Crippen molar-refractivity contribution in [2.24, 2.45) is 0 Å². The van der Waals surface area contributed by atoms with Crippen molar-refractivity contribution in [3.8, 4) is 5.75 Å². The van der Waals surface area contributed by atoms with Gasteiger partial charge in [-0.15, -0.1) is 0 Å². The fourth-order valence-corrected chi connectivity index (χ4v) is 2.50. The highest BCUT2D eigenvalue weighted by atomic mass is 79.9. The maximum absolute atomic E-state index is 11.7. The molecule has 0 spiro atoms. The fraction of sp³-hybridized carbons (Fsp3) is 0.429. The number of ether oxygens (including phenoxy) is 2. The van der Waals surface area contributed by atoms with Crippen LogP contribution in [0.15, 0.2) is 22.7 Å². The number of benzene rings is 1. The van der Waals surface area contributed by atoms with Gasteiger partial charge in [0, 0.05) is 16.8 Å². The summed E-state index contributed by atoms with van der Waals surface area (Å²) in [5, 5.41) is -0.499. The molecular formula is C14H16BrClO4. The summed E-state index contributed by atoms with van der Waals surface area (Å²) >= 11 is 8.84. The Morgan fingerprint density at radius 1 is 1.35 bits per heavy atom. The number of rotatable bonds is 7. The summed E-state index contributed by atoms with van der Waals surface area (Å²) in [4.78, 5) is 22.9. The van der Waals surface area contributed by atoms with Crippen LogP contribution in [0.5, 0.6) is 5.75 Å². The summed E-state index contributed by atoms with van der Waals surface area (Å²) < 4.78 is 11.0. The molecule has 0 saturated carbocycles. The minimum Gasteiger partial charge on any atom is -0.496 e. The van der Waals surface area contributed by atoms with Crippen molar-refractivity contribution < 1.29 is 19.1 Å². The first-order valence-electron chi connectivity index (χ1n) is 6.15. The van der Waals surface area contributed by atoms with Crippen LogP contribution in [0, 0.1) is 0 Å². The lowest BCUT2D eigenvalue weighted by atomic mass is 9.92. The minimum atomic E-state index is -0.499. The van der Waals surface area contributed by atoms with Gasteiger partial charge in [-0.3, -0.25) is 9.59 Å². The Labute approximate surface area is 131 Å². The molecule has 0 saturated heterocycles. The highest BCUT2D eigenvalue weighted by Crippen LogP contribution is 2.34. The Morgan fingerprint density at radius 2 is 2.05 bits per heavy atom. The van der Waals surface area contributed by atoms with Gasteiger partial charge in [-0.05, 0) is 42.3 Å². The van der Waals surface area contributed by atoms with Crippen LogP contribution in [0.4, 0.5) is 0 Å². The number of methoxy groups -OCH3 is 1. The highest BCUT2D eigenvalue weighted by Gasteiger charge is 2.23. The van der Waals surface area contributed by atoms with Gasteiger partial charge in [-0.2, -0.15) is 0 Å². The van der Waals surface area contributed by atoms with Gasteiger partial charge in [-0.1, -0.05) is 15.9 Å². The van der Waals surface area contributed by atoms with Crippen LogP contribution in [0.2, 0.25) is 0 Å². The van der Waals surface area contributed by atoms with Gasteiger partial charge in [-0.25, -0.2) is 0 Å². The highest BCUT2D eigenvalue weighted by molar-refractivity contribution is 9.10. The second-order valence-corrected chi connectivity index (χ2v) is 5.49. The van der Waals surface area contributed by atoms with E-state index in [9.17, 15) is 9.59 Å². The van der Waals surface area contributed by atoms with E-state index in [4.69, 9.17) is 21.1 Å². The number of halogens is 2. The average molecular weight is 364 g/mol. The molecule has 0 bridgehead atoms. The third-order valence-corrected chi connectivity index (χ3v) is 3.40. The van der Waals surface area contributed by atoms with Crippen molar-refractivity contribution in [1.29, 1.82) is 0 Å². The monoisotopic (exact) mass is 362 g/mol. The van der Waals surface area contributed by atoms with E-state index >= 15 is 0 Å². The third kappa shape index (κ3) is 5.13. The molecule has 1 unspecified atom stereocenters. The van der Waals surface area contributed by atoms with Crippen molar-refractivity contribution >= 4 is 38.7 Å². The average Bonchev–Trinajstić information content (AvgIpc) is 2.37. The van der Waals surface area contributed by atoms with Gasteiger partial charge in [0.15, 0.2) is 0 Å². The van der Waals surface area contributed by atoms with Gasteiger partial charge in [0.05, 0.1) is 20.1 Å². The molecule has 20 heavy (non-hydrogen) atoms. The van der Waals surface area contributed by atoms with E-state index in [2.05, 4.69) is 15.9 Å². The summed E-state index contributed by atoms with van der Waals surface area (Å²) in [6.07, 6.45) is 0.131. The fourth-order valence-electron chi connectivity index (χ4n) is 1.93. The zero-order chi connectivity index (χ0) is 15.1. The molecule has 1 aromatic rings. The second kappa shape index (κ2) is 8.27. The lowest BCUT2D eigenvalue weighted by Crippen LogP contribution is -2.13. The van der Waals surface area contributed by atoms with Gasteiger partial charge in [0.1, 0.15) is 5.75 Å². The minimum absolute atomic E-state index is 0.0488. The van der Waals surface area contributed by atoms with Crippen molar-refractivity contribution in [1.82, 2.24) is 0 Å². The molecule has 0 fully saturated rings. The predicted molar refractivity (Wildman–Crippen MR) is 80.2 cm³/mol. The molecule has 1 aromatic carbocycles. The van der Waals surface area contributed by atoms with Crippen molar-refractivity contribution in [3.63, 3.8) is 0 Å². The van der Waals surface area contributed by atoms with E-state index < -0.39 is 5.24 Å². The summed E-state index contributed by atoms with van der Waals surface area (Å²) in [7, 11) is 1.54. The molecule has 0 N–H and O–H groups in total. The molecule has 0 aromatic heterocycles. The van der Waals surface area contributed by atoms with Gasteiger partial charge in [0.25, 0.3) is 0 Å². The molecule has 1 rings (SSSR count). The van der Waals surface area contributed by atoms with E-state index in [0.717, 1.165) is 10.0 Å². The Kier molecular flexibility index (Phi) is 7.02. The topological polar surface area (TPSA) is 52.6 Å². The molecule has 1 atom stereocenters. The van der Waals surface area contributed by atoms with E-state index in [1.54, 1.807) is 13.0 Å². The molecule has 0 aliphatic carbocycles. The lowest BCUT2D eigenvalue weighted by molar-refractivity contribution is -0.143. The normalized spacial score (nSPS) is 11.8. The van der Waals surface area contributed by atoms with Crippen LogP contribution >= 0.6 is 27.5 Å². The third-order valence-electron chi connectivity index (χ3n) is 2.76. The first-order chi connectivity index (χ1) is 9.47. The summed E-state index contributed by atoms with van der Waals surface area (Å²) in [6.45, 7) is 2.04. The quantitative estimate of drug-likeness (QED) is 0.548. The van der Waals surface area contributed by atoms with Gasteiger partial charge in [0.2, 0.25) is 5.24 Å². The number of hydrogen-bond donors (Lipinski definition) is 0. The first-order valence-corrected chi connectivity index (χ1v) is 7.32. The Bertz CT molecular complexity index is 490. The van der Waals surface area contributed by atoms with Crippen LogP contribution in [-0.2, 0) is 14.3 Å². The second-order valence-electron chi connectivity index (χ2n) is 4.15. The molecule has 0 heterocycles. The maximum atomic E-state index is 11.7. The van der Waals surface area contributed by atoms with E-state index in [1.807, 2.05) is 12.1 Å². The zero-order valence-corrected chi connectivity index (χ0v) is 13.7. The van der Waals surface area contributed by atoms with Gasteiger partial charge >= 0.3 is 5.97 Å². The molecule has 0 amide bonds. The van der Waals surface area contributed by atoms with Crippen molar-refractivity contribution in [2.45, 2.75) is 25.7 Å². The standard InChI is InChI=1S/C14H16BrClO4/c1-3-20-14(18)7-9(6-13(16)17)11-8-10(15)4-5-12(11)19-2/h4-5,8-9H,3,6-7H2,1-2H3. The lowest BCUT2D eigenvalue weighted by Gasteiger charge is -2.18. The molecule has 110 valence electrons. The number of carbonyl (C=O) groups excluding carboxylic acids is 2. The number of hydrogen-bond acceptors (Lipinski definition) is 4. The van der Waals surface area contributed by atoms with Crippen LogP contribution in [0.3, 0.4) is 0 Å². The van der Waals surface area contributed by atoms with Crippen molar-refractivity contribution in [3.05, 3.63) is 28.2 Å². The number of esters is 1. The van der Waals surface area contributed by atoms with Gasteiger partial charge < -0.3 is 9.47 Å². The van der Waals surface area contributed by atoms with Crippen molar-refractivity contribution in [2.75, 3.05) is 13.7 Å². The largest absolute Gasteiger partial charge is 0.496 e. The summed E-state index contributed by atoms with van der Waals surface area (Å²) in [6, 6.07) is 5.42. The Balaban J connectivity index is 3.06. The Morgan fingerprint density at radius 3 is 2.60 bits per heavy atom. The van der Waals surface area contributed by atoms with Crippen LogP contribution in [-0.4, -0.2) is 24.9 Å². The van der Waals surface area contributed by atoms with E-state index in [1.165, 1.54) is 7.11 Å². The predicted octanol–water partition coefficient (Wildman–Crippen LogP) is 3.65. The molecule has 4 nitrogen and oxygen atoms in total. The van der Waals surface area contributed by atoms with E-state index in [-0.39, 0.29) is 24.7 Å². The smallest absolute Gasteiger partial charge is 0.306 e. The number of carbonyl (C=O) groups is 2. The maximum Gasteiger partial charge on any atom is 0.306 e. The molecule has 0 aliphatic heterocycles. The first kappa shape index (κ1) is 17.0. The molecule has 6 heteroatoms. The zero-order valence-electron chi connectivity index (χ0n) is 11.3. The SMILES string of the molecule is CCOC(=O)CC(CC(=O)Cl)c1cc(Br)ccc1OC. The van der Waals surface area contributed by atoms with Crippen LogP contribution < -0.4 is 4.74 Å². The molecule has 0 radical (unpaired) electrons. The van der Waals surface area contributed by atoms with Crippen LogP contribution in [0.1, 0.15) is 31.2 Å². The molecular weight excluding hydrogens is 348 g/mol. The summed E-state index contributed by atoms with van der Waals surface area (Å²) in [5.41, 5.74) is 0.754. The van der Waals surface area contributed by atoms with Crippen LogP contribution in [0.25, 0.3) is 0 Å². The summed E-state index contributed by atoms with van der Waals surface area (Å²) in [5.74, 6) is -0.121. The van der Waals surface area contributed by atoms with E-state index in [0.29, 0.717) is 12.4 Å². The molecule has 0 aliphatic rings.